The molecule has 3 rings (SSSR count). The van der Waals surface area contributed by atoms with Gasteiger partial charge < -0.3 is 14.4 Å². The predicted octanol–water partition coefficient (Wildman–Crippen LogP) is 2.93. The maximum absolute atomic E-state index is 10.8. The molecule has 0 bridgehead atoms. The van der Waals surface area contributed by atoms with Crippen molar-refractivity contribution in [2.45, 2.75) is 6.54 Å². The molecular formula is C19H23N3O4. The Balaban J connectivity index is 1.61. The monoisotopic (exact) mass is 357 g/mol. The summed E-state index contributed by atoms with van der Waals surface area (Å²) in [7, 11) is 3.34. The molecule has 7 heteroatoms. The average molecular weight is 357 g/mol. The molecule has 0 amide bonds. The molecule has 1 heterocycles. The number of nitrogens with zero attached hydrogens (tertiary/aromatic N) is 3. The molecule has 0 unspecified atom stereocenters. The zero-order valence-electron chi connectivity index (χ0n) is 15.1. The Morgan fingerprint density at radius 2 is 1.69 bits per heavy atom. The van der Waals surface area contributed by atoms with Crippen LogP contribution >= 0.6 is 0 Å². The van der Waals surface area contributed by atoms with Gasteiger partial charge in [0.1, 0.15) is 11.5 Å². The van der Waals surface area contributed by atoms with E-state index in [1.807, 2.05) is 30.3 Å². The van der Waals surface area contributed by atoms with E-state index >= 15 is 0 Å². The minimum absolute atomic E-state index is 0.123. The maximum Gasteiger partial charge on any atom is 0.269 e. The Kier molecular flexibility index (Phi) is 5.58. The van der Waals surface area contributed by atoms with E-state index < -0.39 is 0 Å². The first-order chi connectivity index (χ1) is 12.6. The average Bonchev–Trinajstić information content (AvgIpc) is 2.68. The van der Waals surface area contributed by atoms with Gasteiger partial charge in [0, 0.05) is 56.1 Å². The minimum atomic E-state index is -0.372. The molecule has 2 aromatic rings. The summed E-state index contributed by atoms with van der Waals surface area (Å²) in [5.74, 6) is 1.69. The highest BCUT2D eigenvalue weighted by atomic mass is 16.6. The number of hydrogen-bond donors (Lipinski definition) is 0. The van der Waals surface area contributed by atoms with Crippen LogP contribution in [0.15, 0.2) is 42.5 Å². The molecule has 0 spiro atoms. The summed E-state index contributed by atoms with van der Waals surface area (Å²) in [4.78, 5) is 15.0. The summed E-state index contributed by atoms with van der Waals surface area (Å²) in [6.45, 7) is 4.39. The molecule has 1 aliphatic heterocycles. The van der Waals surface area contributed by atoms with Crippen LogP contribution in [0.5, 0.6) is 11.5 Å². The number of anilines is 1. The lowest BCUT2D eigenvalue weighted by molar-refractivity contribution is -0.384. The summed E-state index contributed by atoms with van der Waals surface area (Å²) < 4.78 is 10.8. The summed E-state index contributed by atoms with van der Waals surface area (Å²) in [5, 5.41) is 10.8. The molecule has 0 N–H and O–H groups in total. The van der Waals surface area contributed by atoms with Crippen LogP contribution in [0.4, 0.5) is 11.4 Å². The fraction of sp³-hybridized carbons (Fsp3) is 0.368. The van der Waals surface area contributed by atoms with Gasteiger partial charge in [0.2, 0.25) is 0 Å². The maximum atomic E-state index is 10.8. The Hall–Kier alpha value is -2.80. The van der Waals surface area contributed by atoms with Gasteiger partial charge in [-0.05, 0) is 30.3 Å². The van der Waals surface area contributed by atoms with Crippen LogP contribution in [0.25, 0.3) is 0 Å². The van der Waals surface area contributed by atoms with Gasteiger partial charge in [-0.2, -0.15) is 0 Å². The summed E-state index contributed by atoms with van der Waals surface area (Å²) in [6.07, 6.45) is 0. The number of piperazine rings is 1. The van der Waals surface area contributed by atoms with Gasteiger partial charge in [-0.3, -0.25) is 15.0 Å². The van der Waals surface area contributed by atoms with E-state index in [0.717, 1.165) is 55.5 Å². The van der Waals surface area contributed by atoms with Gasteiger partial charge in [-0.15, -0.1) is 0 Å². The minimum Gasteiger partial charge on any atom is -0.497 e. The second-order valence-electron chi connectivity index (χ2n) is 6.21. The lowest BCUT2D eigenvalue weighted by atomic mass is 10.1. The third-order valence-electron chi connectivity index (χ3n) is 4.68. The Bertz CT molecular complexity index is 756. The molecule has 0 saturated carbocycles. The highest BCUT2D eigenvalue weighted by Gasteiger charge is 2.19. The standard InChI is InChI=1S/C19H23N3O4/c1-25-18-7-8-19(26-2)15(13-18)14-20-9-11-21(12-10-20)16-3-5-17(6-4-16)22(23)24/h3-8,13H,9-12,14H2,1-2H3. The summed E-state index contributed by atoms with van der Waals surface area (Å²) in [5.41, 5.74) is 2.25. The fourth-order valence-corrected chi connectivity index (χ4v) is 3.20. The summed E-state index contributed by atoms with van der Waals surface area (Å²) >= 11 is 0. The van der Waals surface area contributed by atoms with E-state index in [9.17, 15) is 10.1 Å². The van der Waals surface area contributed by atoms with Crippen LogP contribution in [0.1, 0.15) is 5.56 Å². The van der Waals surface area contributed by atoms with Crippen molar-refractivity contribution in [3.05, 3.63) is 58.1 Å². The van der Waals surface area contributed by atoms with E-state index in [4.69, 9.17) is 9.47 Å². The van der Waals surface area contributed by atoms with Crippen molar-refractivity contribution >= 4 is 11.4 Å². The van der Waals surface area contributed by atoms with Gasteiger partial charge in [0.05, 0.1) is 19.1 Å². The third-order valence-corrected chi connectivity index (χ3v) is 4.68. The number of rotatable bonds is 6. The summed E-state index contributed by atoms with van der Waals surface area (Å²) in [6, 6.07) is 12.6. The van der Waals surface area contributed by atoms with Crippen molar-refractivity contribution < 1.29 is 14.4 Å². The molecule has 0 aromatic heterocycles. The molecule has 2 aromatic carbocycles. The highest BCUT2D eigenvalue weighted by molar-refractivity contribution is 5.51. The van der Waals surface area contributed by atoms with E-state index in [1.165, 1.54) is 0 Å². The topological polar surface area (TPSA) is 68.1 Å². The largest absolute Gasteiger partial charge is 0.497 e. The number of benzene rings is 2. The molecule has 1 saturated heterocycles. The lowest BCUT2D eigenvalue weighted by Gasteiger charge is -2.36. The molecule has 138 valence electrons. The van der Waals surface area contributed by atoms with Crippen molar-refractivity contribution in [3.63, 3.8) is 0 Å². The number of methoxy groups -OCH3 is 2. The van der Waals surface area contributed by atoms with Gasteiger partial charge in [0.15, 0.2) is 0 Å². The number of nitro groups is 1. The molecule has 1 aliphatic rings. The first-order valence-corrected chi connectivity index (χ1v) is 8.53. The van der Waals surface area contributed by atoms with Crippen LogP contribution in [-0.4, -0.2) is 50.2 Å². The number of non-ortho nitro benzene ring substituents is 1. The predicted molar refractivity (Wildman–Crippen MR) is 100 cm³/mol. The molecule has 7 nitrogen and oxygen atoms in total. The smallest absolute Gasteiger partial charge is 0.269 e. The van der Waals surface area contributed by atoms with Gasteiger partial charge in [0.25, 0.3) is 5.69 Å². The Morgan fingerprint density at radius 3 is 2.27 bits per heavy atom. The molecule has 0 aliphatic carbocycles. The van der Waals surface area contributed by atoms with Crippen LogP contribution in [0.2, 0.25) is 0 Å². The second kappa shape index (κ2) is 8.05. The van der Waals surface area contributed by atoms with Gasteiger partial charge >= 0.3 is 0 Å². The zero-order valence-corrected chi connectivity index (χ0v) is 15.1. The normalized spacial score (nSPS) is 14.9. The Morgan fingerprint density at radius 1 is 1.00 bits per heavy atom. The van der Waals surface area contributed by atoms with E-state index in [0.29, 0.717) is 0 Å². The first kappa shape index (κ1) is 18.0. The van der Waals surface area contributed by atoms with E-state index in [1.54, 1.807) is 26.4 Å². The van der Waals surface area contributed by atoms with Crippen LogP contribution in [-0.2, 0) is 6.54 Å². The molecule has 0 atom stereocenters. The molecule has 0 radical (unpaired) electrons. The van der Waals surface area contributed by atoms with Gasteiger partial charge in [-0.1, -0.05) is 0 Å². The zero-order chi connectivity index (χ0) is 18.5. The fourth-order valence-electron chi connectivity index (χ4n) is 3.20. The van der Waals surface area contributed by atoms with Crippen LogP contribution in [0.3, 0.4) is 0 Å². The van der Waals surface area contributed by atoms with Crippen molar-refractivity contribution in [1.82, 2.24) is 4.90 Å². The number of hydrogen-bond acceptors (Lipinski definition) is 6. The first-order valence-electron chi connectivity index (χ1n) is 8.53. The van der Waals surface area contributed by atoms with Crippen molar-refractivity contribution in [3.8, 4) is 11.5 Å². The van der Waals surface area contributed by atoms with Crippen molar-refractivity contribution in [2.24, 2.45) is 0 Å². The second-order valence-corrected chi connectivity index (χ2v) is 6.21. The molecule has 1 fully saturated rings. The van der Waals surface area contributed by atoms with Crippen LogP contribution < -0.4 is 14.4 Å². The number of ether oxygens (including phenoxy) is 2. The third kappa shape index (κ3) is 4.05. The molecule has 26 heavy (non-hydrogen) atoms. The highest BCUT2D eigenvalue weighted by Crippen LogP contribution is 2.26. The lowest BCUT2D eigenvalue weighted by Crippen LogP contribution is -2.46. The van der Waals surface area contributed by atoms with Crippen molar-refractivity contribution in [2.75, 3.05) is 45.3 Å². The quantitative estimate of drug-likeness (QED) is 0.585. The molecular weight excluding hydrogens is 334 g/mol. The van der Waals surface area contributed by atoms with Crippen molar-refractivity contribution in [1.29, 1.82) is 0 Å². The Labute approximate surface area is 152 Å². The SMILES string of the molecule is COc1ccc(OC)c(CN2CCN(c3ccc([N+](=O)[O-])cc3)CC2)c1. The van der Waals surface area contributed by atoms with E-state index in [2.05, 4.69) is 9.80 Å². The van der Waals surface area contributed by atoms with Gasteiger partial charge in [-0.25, -0.2) is 0 Å². The van der Waals surface area contributed by atoms with E-state index in [-0.39, 0.29) is 10.6 Å². The van der Waals surface area contributed by atoms with Crippen LogP contribution in [0, 0.1) is 10.1 Å². The number of nitro benzene ring substituents is 1.